The van der Waals surface area contributed by atoms with Crippen LogP contribution >= 0.6 is 12.2 Å². The second-order valence-corrected chi connectivity index (χ2v) is 8.96. The topological polar surface area (TPSA) is 70.1 Å². The number of carbonyl (C=O) groups is 1. The summed E-state index contributed by atoms with van der Waals surface area (Å²) in [5.74, 6) is -0.118. The van der Waals surface area contributed by atoms with Crippen molar-refractivity contribution >= 4 is 34.7 Å². The van der Waals surface area contributed by atoms with Gasteiger partial charge >= 0.3 is 0 Å². The third-order valence-corrected chi connectivity index (χ3v) is 6.64. The molecule has 0 aliphatic carbocycles. The van der Waals surface area contributed by atoms with Crippen LogP contribution in [0.1, 0.15) is 23.1 Å². The van der Waals surface area contributed by atoms with Gasteiger partial charge in [-0.3, -0.25) is 14.2 Å². The molecule has 5 rings (SSSR count). The van der Waals surface area contributed by atoms with Crippen LogP contribution in [-0.4, -0.2) is 22.0 Å². The Morgan fingerprint density at radius 1 is 0.971 bits per heavy atom. The minimum absolute atomic E-state index is 0.118. The third kappa shape index (κ3) is 4.65. The maximum Gasteiger partial charge on any atom is 0.262 e. The smallest absolute Gasteiger partial charge is 0.262 e. The molecule has 1 aliphatic heterocycles. The molecule has 2 N–H and O–H groups in total. The number of hydrogen-bond donors (Lipinski definition) is 2. The lowest BCUT2D eigenvalue weighted by atomic mass is 10.1. The Hall–Kier alpha value is -3.71. The van der Waals surface area contributed by atoms with Crippen molar-refractivity contribution in [1.29, 1.82) is 0 Å². The van der Waals surface area contributed by atoms with Crippen molar-refractivity contribution in [3.05, 3.63) is 105 Å². The minimum Gasteiger partial charge on any atom is -0.367 e. The van der Waals surface area contributed by atoms with E-state index in [1.807, 2.05) is 18.2 Å². The number of hydrogen-bond acceptors (Lipinski definition) is 4. The van der Waals surface area contributed by atoms with Crippen LogP contribution in [0.2, 0.25) is 0 Å². The molecule has 0 unspecified atom stereocenters. The first kappa shape index (κ1) is 22.1. The fraction of sp³-hybridized carbons (Fsp3) is 0.222. The number of carbonyl (C=O) groups excluding carboxylic acids is 1. The van der Waals surface area contributed by atoms with Crippen LogP contribution in [-0.2, 0) is 30.8 Å². The second-order valence-electron chi connectivity index (χ2n) is 8.58. The number of benzene rings is 3. The number of anilines is 1. The van der Waals surface area contributed by atoms with Crippen LogP contribution in [0.3, 0.4) is 0 Å². The van der Waals surface area contributed by atoms with Gasteiger partial charge in [0.2, 0.25) is 5.91 Å². The van der Waals surface area contributed by atoms with Gasteiger partial charge < -0.3 is 15.2 Å². The average molecular weight is 471 g/mol. The standard InChI is InChI=1S/C27H26N4O2S/c32-25(14-16-31-26(33)22-6-2-3-7-23(22)29-27(31)34)28-17-19-9-11-20(12-10-19)18-30-15-13-21-5-1-4-8-24(21)30/h1-12H,13-18H2,(H,28,32)(H,29,34). The molecule has 0 spiro atoms. The molecule has 4 aromatic rings. The highest BCUT2D eigenvalue weighted by atomic mass is 32.1. The van der Waals surface area contributed by atoms with E-state index in [4.69, 9.17) is 12.2 Å². The Labute approximate surface area is 202 Å². The predicted molar refractivity (Wildman–Crippen MR) is 137 cm³/mol. The Kier molecular flexibility index (Phi) is 6.27. The Morgan fingerprint density at radius 2 is 1.71 bits per heavy atom. The van der Waals surface area contributed by atoms with Crippen LogP contribution in [0, 0.1) is 4.77 Å². The summed E-state index contributed by atoms with van der Waals surface area (Å²) in [6.45, 7) is 2.61. The highest BCUT2D eigenvalue weighted by molar-refractivity contribution is 7.71. The van der Waals surface area contributed by atoms with Crippen LogP contribution in [0.25, 0.3) is 10.9 Å². The fourth-order valence-corrected chi connectivity index (χ4v) is 4.74. The van der Waals surface area contributed by atoms with Crippen molar-refractivity contribution in [3.8, 4) is 0 Å². The van der Waals surface area contributed by atoms with E-state index in [-0.39, 0.29) is 24.4 Å². The van der Waals surface area contributed by atoms with Crippen molar-refractivity contribution in [1.82, 2.24) is 14.9 Å². The zero-order valence-corrected chi connectivity index (χ0v) is 19.6. The Balaban J connectivity index is 1.15. The van der Waals surface area contributed by atoms with E-state index in [0.29, 0.717) is 22.2 Å². The SMILES string of the molecule is O=C(CCn1c(=S)[nH]c2ccccc2c1=O)NCc1ccc(CN2CCc3ccccc32)cc1. The Bertz CT molecular complexity index is 1460. The van der Waals surface area contributed by atoms with Crippen LogP contribution in [0.4, 0.5) is 5.69 Å². The molecule has 6 nitrogen and oxygen atoms in total. The molecule has 0 saturated heterocycles. The summed E-state index contributed by atoms with van der Waals surface area (Å²) in [7, 11) is 0. The summed E-state index contributed by atoms with van der Waals surface area (Å²) < 4.78 is 1.77. The summed E-state index contributed by atoms with van der Waals surface area (Å²) in [6.07, 6.45) is 1.28. The van der Waals surface area contributed by atoms with Gasteiger partial charge in [0.25, 0.3) is 5.56 Å². The zero-order chi connectivity index (χ0) is 23.5. The summed E-state index contributed by atoms with van der Waals surface area (Å²) >= 11 is 5.32. The molecule has 1 aromatic heterocycles. The Morgan fingerprint density at radius 3 is 2.56 bits per heavy atom. The number of aromatic nitrogens is 2. The van der Waals surface area contributed by atoms with Gasteiger partial charge in [0.1, 0.15) is 0 Å². The van der Waals surface area contributed by atoms with Crippen molar-refractivity contribution in [2.75, 3.05) is 11.4 Å². The third-order valence-electron chi connectivity index (χ3n) is 6.32. The molecular formula is C27H26N4O2S. The van der Waals surface area contributed by atoms with Gasteiger partial charge in [-0.15, -0.1) is 0 Å². The van der Waals surface area contributed by atoms with Crippen molar-refractivity contribution in [3.63, 3.8) is 0 Å². The normalized spacial score (nSPS) is 12.6. The van der Waals surface area contributed by atoms with Crippen LogP contribution in [0.5, 0.6) is 0 Å². The number of aromatic amines is 1. The molecule has 34 heavy (non-hydrogen) atoms. The molecule has 1 amide bonds. The van der Waals surface area contributed by atoms with Crippen molar-refractivity contribution in [2.24, 2.45) is 0 Å². The molecular weight excluding hydrogens is 444 g/mol. The maximum atomic E-state index is 12.7. The van der Waals surface area contributed by atoms with E-state index in [2.05, 4.69) is 63.7 Å². The summed E-state index contributed by atoms with van der Waals surface area (Å²) in [4.78, 5) is 30.6. The van der Waals surface area contributed by atoms with E-state index in [1.165, 1.54) is 21.4 Å². The van der Waals surface area contributed by atoms with E-state index < -0.39 is 0 Å². The molecule has 0 saturated carbocycles. The molecule has 172 valence electrons. The van der Waals surface area contributed by atoms with Crippen molar-refractivity contribution < 1.29 is 4.79 Å². The number of rotatable bonds is 7. The van der Waals surface area contributed by atoms with Gasteiger partial charge in [0, 0.05) is 38.3 Å². The van der Waals surface area contributed by atoms with Gasteiger partial charge in [0.15, 0.2) is 4.77 Å². The lowest BCUT2D eigenvalue weighted by Gasteiger charge is -2.19. The molecule has 0 fully saturated rings. The molecule has 1 aliphatic rings. The highest BCUT2D eigenvalue weighted by Crippen LogP contribution is 2.28. The number of H-pyrrole nitrogens is 1. The number of para-hydroxylation sites is 2. The monoisotopic (exact) mass is 470 g/mol. The number of nitrogens with zero attached hydrogens (tertiary/aromatic N) is 2. The summed E-state index contributed by atoms with van der Waals surface area (Å²) in [5.41, 5.74) is 5.55. The van der Waals surface area contributed by atoms with Gasteiger partial charge in [-0.2, -0.15) is 0 Å². The van der Waals surface area contributed by atoms with Crippen molar-refractivity contribution in [2.45, 2.75) is 32.5 Å². The molecule has 0 bridgehead atoms. The molecule has 7 heteroatoms. The van der Waals surface area contributed by atoms with E-state index in [9.17, 15) is 9.59 Å². The number of amides is 1. The van der Waals surface area contributed by atoms with Gasteiger partial charge in [-0.05, 0) is 53.5 Å². The number of fused-ring (bicyclic) bond motifs is 2. The second kappa shape index (κ2) is 9.65. The molecule has 2 heterocycles. The number of nitrogens with one attached hydrogen (secondary N) is 2. The first-order valence-electron chi connectivity index (χ1n) is 11.5. The largest absolute Gasteiger partial charge is 0.367 e. The van der Waals surface area contributed by atoms with E-state index in [0.717, 1.165) is 25.1 Å². The lowest BCUT2D eigenvalue weighted by molar-refractivity contribution is -0.121. The van der Waals surface area contributed by atoms with Crippen LogP contribution < -0.4 is 15.8 Å². The first-order valence-corrected chi connectivity index (χ1v) is 11.9. The average Bonchev–Trinajstić information content (AvgIpc) is 3.26. The zero-order valence-electron chi connectivity index (χ0n) is 18.8. The van der Waals surface area contributed by atoms with Gasteiger partial charge in [0.05, 0.1) is 10.9 Å². The summed E-state index contributed by atoms with van der Waals surface area (Å²) in [6, 6.07) is 24.2. The molecule has 0 atom stereocenters. The maximum absolute atomic E-state index is 12.7. The predicted octanol–water partition coefficient (Wildman–Crippen LogP) is 4.33. The van der Waals surface area contributed by atoms with Gasteiger partial charge in [-0.25, -0.2) is 0 Å². The molecule has 3 aromatic carbocycles. The van der Waals surface area contributed by atoms with E-state index >= 15 is 0 Å². The minimum atomic E-state index is -0.177. The quantitative estimate of drug-likeness (QED) is 0.395. The van der Waals surface area contributed by atoms with E-state index in [1.54, 1.807) is 6.07 Å². The first-order chi connectivity index (χ1) is 16.6. The fourth-order valence-electron chi connectivity index (χ4n) is 4.46. The highest BCUT2D eigenvalue weighted by Gasteiger charge is 2.18. The molecule has 0 radical (unpaired) electrons. The summed E-state index contributed by atoms with van der Waals surface area (Å²) in [5, 5.41) is 3.51. The lowest BCUT2D eigenvalue weighted by Crippen LogP contribution is -2.28. The van der Waals surface area contributed by atoms with Gasteiger partial charge in [-0.1, -0.05) is 54.6 Å². The van der Waals surface area contributed by atoms with Crippen LogP contribution in [0.15, 0.2) is 77.6 Å².